The molecule has 4 heterocycles. The summed E-state index contributed by atoms with van der Waals surface area (Å²) in [4.78, 5) is 28.0. The number of nitrogens with zero attached hydrogens (tertiary/aromatic N) is 2. The van der Waals surface area contributed by atoms with Crippen LogP contribution in [0.5, 0.6) is 0 Å². The summed E-state index contributed by atoms with van der Waals surface area (Å²) in [6, 6.07) is 8.85. The van der Waals surface area contributed by atoms with Crippen molar-refractivity contribution in [2.24, 2.45) is 0 Å². The van der Waals surface area contributed by atoms with E-state index >= 15 is 0 Å². The minimum atomic E-state index is -3.96. The Kier molecular flexibility index (Phi) is 6.03. The lowest BCUT2D eigenvalue weighted by Gasteiger charge is -2.30. The molecule has 6 atom stereocenters. The average Bonchev–Trinajstić information content (AvgIpc) is 3.22. The number of phosphoric ester groups is 1. The lowest BCUT2D eigenvalue weighted by molar-refractivity contribution is -0.0959. The second kappa shape index (κ2) is 8.74. The molecule has 34 heavy (non-hydrogen) atoms. The highest BCUT2D eigenvalue weighted by molar-refractivity contribution is 9.10. The Morgan fingerprint density at radius 3 is 2.94 bits per heavy atom. The molecule has 1 aromatic heterocycles. The molecule has 14 heteroatoms. The number of carbonyl (C=O) groups is 1. The molecule has 3 fully saturated rings. The van der Waals surface area contributed by atoms with Gasteiger partial charge in [-0.1, -0.05) is 28.1 Å². The van der Waals surface area contributed by atoms with E-state index in [0.29, 0.717) is 6.42 Å². The lowest BCUT2D eigenvalue weighted by Crippen LogP contribution is -2.44. The number of nitrogens with two attached hydrogens (primary N) is 1. The van der Waals surface area contributed by atoms with Gasteiger partial charge in [-0.05, 0) is 30.7 Å². The fraction of sp³-hybridized carbons (Fsp3) is 0.450. The number of halogens is 1. The predicted octanol–water partition coefficient (Wildman–Crippen LogP) is 3.08. The smallest absolute Gasteiger partial charge is 0.424 e. The van der Waals surface area contributed by atoms with Crippen LogP contribution in [0.25, 0.3) is 0 Å². The highest BCUT2D eigenvalue weighted by atomic mass is 79.9. The normalized spacial score (nSPS) is 34.9. The maximum Gasteiger partial charge on any atom is 0.509 e. The molecule has 182 valence electrons. The second-order valence-corrected chi connectivity index (χ2v) is 10.7. The zero-order valence-electron chi connectivity index (χ0n) is 17.9. The number of ether oxygens (including phenoxy) is 3. The third-order valence-electron chi connectivity index (χ3n) is 5.83. The Hall–Kier alpha value is -2.28. The molecule has 2 unspecified atom stereocenters. The molecule has 0 bridgehead atoms. The Labute approximate surface area is 202 Å². The quantitative estimate of drug-likeness (QED) is 0.426. The van der Waals surface area contributed by atoms with Crippen molar-refractivity contribution in [2.45, 2.75) is 43.5 Å². The molecule has 0 saturated carbocycles. The van der Waals surface area contributed by atoms with Crippen LogP contribution in [0.2, 0.25) is 0 Å². The lowest BCUT2D eigenvalue weighted by atomic mass is 9.96. The summed E-state index contributed by atoms with van der Waals surface area (Å²) >= 11 is 3.41. The minimum Gasteiger partial charge on any atom is -0.424 e. The van der Waals surface area contributed by atoms with Gasteiger partial charge in [0.25, 0.3) is 0 Å². The molecular formula is C20H21BrN3O9P. The van der Waals surface area contributed by atoms with Crippen molar-refractivity contribution in [1.82, 2.24) is 9.55 Å². The van der Waals surface area contributed by atoms with Gasteiger partial charge in [0.1, 0.15) is 11.9 Å². The summed E-state index contributed by atoms with van der Waals surface area (Å²) in [6.07, 6.45) is -2.51. The number of benzene rings is 1. The molecular weight excluding hydrogens is 537 g/mol. The number of carbonyl (C=O) groups excluding carboxylic acids is 1. The zero-order chi connectivity index (χ0) is 24.1. The van der Waals surface area contributed by atoms with Gasteiger partial charge in [-0.25, -0.2) is 14.2 Å². The van der Waals surface area contributed by atoms with E-state index in [1.165, 1.54) is 12.3 Å². The number of hydrogen-bond donors (Lipinski definition) is 1. The van der Waals surface area contributed by atoms with Crippen LogP contribution in [0.4, 0.5) is 10.6 Å². The van der Waals surface area contributed by atoms with Crippen LogP contribution in [-0.2, 0) is 32.3 Å². The Bertz CT molecular complexity index is 1230. The first-order chi connectivity index (χ1) is 16.2. The van der Waals surface area contributed by atoms with Gasteiger partial charge in [0, 0.05) is 17.1 Å². The number of aromatic nitrogens is 2. The molecule has 3 aliphatic heterocycles. The average molecular weight is 558 g/mol. The maximum absolute atomic E-state index is 13.2. The third-order valence-corrected chi connectivity index (χ3v) is 7.80. The van der Waals surface area contributed by atoms with E-state index in [-0.39, 0.29) is 19.0 Å². The van der Waals surface area contributed by atoms with E-state index in [0.717, 1.165) is 14.6 Å². The van der Waals surface area contributed by atoms with Crippen LogP contribution >= 0.6 is 23.8 Å². The van der Waals surface area contributed by atoms with E-state index < -0.39 is 49.8 Å². The standard InChI is InChI=1S/C20H21BrN3O9P/c1-20-16(31-19(26)32-20)14(30-17(20)24-7-5-15(22)23-18(24)25)10-29-34(27)28-8-6-13(33-34)11-3-2-4-12(21)9-11/h2-5,7,9,13-14,16-17H,6,8,10H2,1H3,(H2,22,23,25)/t13?,14-,16-,17-,20-,34?/m1/s1. The van der Waals surface area contributed by atoms with E-state index in [9.17, 15) is 14.2 Å². The summed E-state index contributed by atoms with van der Waals surface area (Å²) in [5.41, 5.74) is 4.32. The van der Waals surface area contributed by atoms with Gasteiger partial charge in [0.2, 0.25) is 0 Å². The van der Waals surface area contributed by atoms with Gasteiger partial charge in [0.05, 0.1) is 19.3 Å². The second-order valence-electron chi connectivity index (χ2n) is 8.16. The van der Waals surface area contributed by atoms with E-state index in [2.05, 4.69) is 20.9 Å². The van der Waals surface area contributed by atoms with Crippen LogP contribution < -0.4 is 11.4 Å². The summed E-state index contributed by atoms with van der Waals surface area (Å²) in [5, 5.41) is 0. The highest BCUT2D eigenvalue weighted by Crippen LogP contribution is 2.58. The Balaban J connectivity index is 1.33. The van der Waals surface area contributed by atoms with Crippen molar-refractivity contribution < 1.29 is 37.1 Å². The molecule has 5 rings (SSSR count). The Morgan fingerprint density at radius 2 is 2.18 bits per heavy atom. The number of anilines is 1. The predicted molar refractivity (Wildman–Crippen MR) is 119 cm³/mol. The van der Waals surface area contributed by atoms with Gasteiger partial charge < -0.3 is 19.9 Å². The highest BCUT2D eigenvalue weighted by Gasteiger charge is 2.64. The molecule has 0 amide bonds. The van der Waals surface area contributed by atoms with Crippen LogP contribution in [0, 0.1) is 0 Å². The van der Waals surface area contributed by atoms with Gasteiger partial charge in [-0.15, -0.1) is 0 Å². The van der Waals surface area contributed by atoms with Gasteiger partial charge in [0.15, 0.2) is 17.9 Å². The topological polar surface area (TPSA) is 150 Å². The molecule has 1 aromatic carbocycles. The monoisotopic (exact) mass is 557 g/mol. The summed E-state index contributed by atoms with van der Waals surface area (Å²) in [5.74, 6) is 0.0326. The van der Waals surface area contributed by atoms with Crippen LogP contribution in [0.3, 0.4) is 0 Å². The summed E-state index contributed by atoms with van der Waals surface area (Å²) in [7, 11) is -3.96. The number of nitrogen functional groups attached to an aromatic ring is 1. The summed E-state index contributed by atoms with van der Waals surface area (Å²) < 4.78 is 48.4. The molecule has 0 aliphatic carbocycles. The SMILES string of the molecule is C[C@@]12OC(=O)O[C@@H]1[C@@H](COP1(=O)OCCC(c3cccc(Br)c3)O1)O[C@H]2n1ccc(N)nc1=O. The van der Waals surface area contributed by atoms with Crippen LogP contribution in [0.15, 0.2) is 45.8 Å². The van der Waals surface area contributed by atoms with Crippen molar-refractivity contribution >= 4 is 35.7 Å². The van der Waals surface area contributed by atoms with Crippen LogP contribution in [0.1, 0.15) is 31.2 Å². The molecule has 0 radical (unpaired) electrons. The summed E-state index contributed by atoms with van der Waals surface area (Å²) in [6.45, 7) is 1.41. The van der Waals surface area contributed by atoms with Gasteiger partial charge >= 0.3 is 19.7 Å². The van der Waals surface area contributed by atoms with Gasteiger partial charge in [-0.3, -0.25) is 18.1 Å². The molecule has 12 nitrogen and oxygen atoms in total. The molecule has 2 aromatic rings. The van der Waals surface area contributed by atoms with Gasteiger partial charge in [-0.2, -0.15) is 4.98 Å². The van der Waals surface area contributed by atoms with Crippen LogP contribution in [-0.4, -0.2) is 46.7 Å². The minimum absolute atomic E-state index is 0.0326. The first-order valence-electron chi connectivity index (χ1n) is 10.4. The largest absolute Gasteiger partial charge is 0.509 e. The first kappa shape index (κ1) is 23.5. The fourth-order valence-electron chi connectivity index (χ4n) is 4.24. The Morgan fingerprint density at radius 1 is 1.35 bits per heavy atom. The number of phosphoric acid groups is 1. The van der Waals surface area contributed by atoms with E-state index in [1.54, 1.807) is 6.92 Å². The van der Waals surface area contributed by atoms with Crippen molar-refractivity contribution in [3.8, 4) is 0 Å². The number of rotatable bonds is 5. The molecule has 3 saturated heterocycles. The third kappa shape index (κ3) is 4.28. The first-order valence-corrected chi connectivity index (χ1v) is 12.6. The fourth-order valence-corrected chi connectivity index (χ4v) is 6.05. The number of hydrogen-bond acceptors (Lipinski definition) is 11. The maximum atomic E-state index is 13.2. The van der Waals surface area contributed by atoms with E-state index in [4.69, 9.17) is 33.5 Å². The van der Waals surface area contributed by atoms with Crippen molar-refractivity contribution in [3.63, 3.8) is 0 Å². The molecule has 3 aliphatic rings. The van der Waals surface area contributed by atoms with Crippen molar-refractivity contribution in [2.75, 3.05) is 18.9 Å². The van der Waals surface area contributed by atoms with Crippen molar-refractivity contribution in [3.05, 3.63) is 57.0 Å². The number of fused-ring (bicyclic) bond motifs is 1. The molecule has 2 N–H and O–H groups in total. The van der Waals surface area contributed by atoms with E-state index in [1.807, 2.05) is 24.3 Å². The molecule has 0 spiro atoms. The van der Waals surface area contributed by atoms with Crippen molar-refractivity contribution in [1.29, 1.82) is 0 Å². The zero-order valence-corrected chi connectivity index (χ0v) is 20.3.